The number of para-hydroxylation sites is 2. The van der Waals surface area contributed by atoms with Gasteiger partial charge in [0.05, 0.1) is 11.4 Å². The van der Waals surface area contributed by atoms with E-state index in [1.54, 1.807) is 4.90 Å². The number of nitrogens with zero attached hydrogens (tertiary/aromatic N) is 1. The molecule has 1 saturated heterocycles. The Labute approximate surface area is 86.9 Å². The van der Waals surface area contributed by atoms with Crippen LogP contribution < -0.4 is 10.2 Å². The topological polar surface area (TPSA) is 49.4 Å². The van der Waals surface area contributed by atoms with Gasteiger partial charge in [-0.3, -0.25) is 14.5 Å². The van der Waals surface area contributed by atoms with E-state index in [0.717, 1.165) is 11.4 Å². The molecule has 3 rings (SSSR count). The van der Waals surface area contributed by atoms with Crippen molar-refractivity contribution in [2.75, 3.05) is 10.2 Å². The molecule has 1 N–H and O–H groups in total. The first-order valence-corrected chi connectivity index (χ1v) is 4.99. The van der Waals surface area contributed by atoms with Gasteiger partial charge in [0.15, 0.2) is 0 Å². The molecular weight excluding hydrogens is 192 g/mol. The van der Waals surface area contributed by atoms with Crippen LogP contribution in [0.4, 0.5) is 11.4 Å². The number of carbonyl (C=O) groups excluding carboxylic acids is 2. The average Bonchev–Trinajstić information content (AvgIpc) is 2.62. The van der Waals surface area contributed by atoms with Gasteiger partial charge in [0.25, 0.3) is 0 Å². The molecule has 2 aliphatic rings. The van der Waals surface area contributed by atoms with E-state index in [0.29, 0.717) is 12.8 Å². The molecule has 15 heavy (non-hydrogen) atoms. The Morgan fingerprint density at radius 1 is 1.27 bits per heavy atom. The third-order valence-corrected chi connectivity index (χ3v) is 2.94. The summed E-state index contributed by atoms with van der Waals surface area (Å²) in [5.41, 5.74) is 1.55. The van der Waals surface area contributed by atoms with Crippen LogP contribution in [0.3, 0.4) is 0 Å². The lowest BCUT2D eigenvalue weighted by atomic mass is 10.1. The lowest BCUT2D eigenvalue weighted by Crippen LogP contribution is -2.45. The van der Waals surface area contributed by atoms with E-state index >= 15 is 0 Å². The van der Waals surface area contributed by atoms with Crippen LogP contribution in [0.15, 0.2) is 24.3 Å². The third kappa shape index (κ3) is 1.08. The second-order valence-corrected chi connectivity index (χ2v) is 3.82. The summed E-state index contributed by atoms with van der Waals surface area (Å²) in [6.07, 6.45) is 1.09. The number of amides is 2. The van der Waals surface area contributed by atoms with E-state index in [1.165, 1.54) is 0 Å². The second-order valence-electron chi connectivity index (χ2n) is 3.82. The fourth-order valence-corrected chi connectivity index (χ4v) is 2.24. The first-order chi connectivity index (χ1) is 7.27. The molecule has 0 radical (unpaired) electrons. The van der Waals surface area contributed by atoms with Gasteiger partial charge in [0.1, 0.15) is 6.04 Å². The first-order valence-electron chi connectivity index (χ1n) is 4.99. The predicted octanol–water partition coefficient (Wildman–Crippen LogP) is 1.13. The van der Waals surface area contributed by atoms with Crippen molar-refractivity contribution >= 4 is 23.2 Å². The Morgan fingerprint density at radius 2 is 2.07 bits per heavy atom. The number of hydrogen-bond donors (Lipinski definition) is 1. The molecule has 1 fully saturated rings. The summed E-state index contributed by atoms with van der Waals surface area (Å²) in [6, 6.07) is 7.10. The zero-order chi connectivity index (χ0) is 10.4. The fourth-order valence-electron chi connectivity index (χ4n) is 2.24. The quantitative estimate of drug-likeness (QED) is 0.685. The van der Waals surface area contributed by atoms with E-state index in [2.05, 4.69) is 5.32 Å². The number of anilines is 2. The molecule has 0 saturated carbocycles. The highest BCUT2D eigenvalue weighted by Gasteiger charge is 2.41. The van der Waals surface area contributed by atoms with Gasteiger partial charge in [0.2, 0.25) is 11.8 Å². The SMILES string of the molecule is O=C1Nc2ccccc2N2C(=O)CC[C@H]12. The Balaban J connectivity index is 2.16. The number of rotatable bonds is 0. The number of benzene rings is 1. The summed E-state index contributed by atoms with van der Waals surface area (Å²) >= 11 is 0. The van der Waals surface area contributed by atoms with E-state index in [1.807, 2.05) is 24.3 Å². The van der Waals surface area contributed by atoms with Gasteiger partial charge in [-0.2, -0.15) is 0 Å². The molecule has 0 bridgehead atoms. The van der Waals surface area contributed by atoms with Crippen LogP contribution in [0.5, 0.6) is 0 Å². The van der Waals surface area contributed by atoms with Crippen molar-refractivity contribution in [3.05, 3.63) is 24.3 Å². The monoisotopic (exact) mass is 202 g/mol. The van der Waals surface area contributed by atoms with Crippen molar-refractivity contribution in [2.45, 2.75) is 18.9 Å². The maximum Gasteiger partial charge on any atom is 0.247 e. The highest BCUT2D eigenvalue weighted by atomic mass is 16.2. The molecule has 2 heterocycles. The summed E-state index contributed by atoms with van der Waals surface area (Å²) in [6.45, 7) is 0. The summed E-state index contributed by atoms with van der Waals surface area (Å²) in [5.74, 6) is -0.0261. The third-order valence-electron chi connectivity index (χ3n) is 2.94. The molecule has 2 aliphatic heterocycles. The minimum Gasteiger partial charge on any atom is -0.322 e. The Kier molecular flexibility index (Phi) is 1.59. The van der Waals surface area contributed by atoms with Gasteiger partial charge in [-0.05, 0) is 18.6 Å². The Hall–Kier alpha value is -1.84. The molecule has 0 spiro atoms. The van der Waals surface area contributed by atoms with Crippen LogP contribution in [0, 0.1) is 0 Å². The van der Waals surface area contributed by atoms with Gasteiger partial charge in [-0.25, -0.2) is 0 Å². The Morgan fingerprint density at radius 3 is 2.93 bits per heavy atom. The minimum atomic E-state index is -0.299. The van der Waals surface area contributed by atoms with Gasteiger partial charge >= 0.3 is 0 Å². The zero-order valence-electron chi connectivity index (χ0n) is 8.06. The molecule has 1 atom stereocenters. The largest absolute Gasteiger partial charge is 0.322 e. The molecule has 1 aromatic carbocycles. The summed E-state index contributed by atoms with van der Waals surface area (Å²) < 4.78 is 0. The number of hydrogen-bond acceptors (Lipinski definition) is 2. The molecule has 0 aromatic heterocycles. The number of carbonyl (C=O) groups is 2. The second kappa shape index (κ2) is 2.82. The van der Waals surface area contributed by atoms with Gasteiger partial charge in [-0.1, -0.05) is 12.1 Å². The maximum absolute atomic E-state index is 11.7. The highest BCUT2D eigenvalue weighted by molar-refractivity contribution is 6.13. The van der Waals surface area contributed by atoms with Gasteiger partial charge in [-0.15, -0.1) is 0 Å². The summed E-state index contributed by atoms with van der Waals surface area (Å²) in [7, 11) is 0. The van der Waals surface area contributed by atoms with Crippen LogP contribution >= 0.6 is 0 Å². The van der Waals surface area contributed by atoms with E-state index < -0.39 is 0 Å². The molecule has 1 aromatic rings. The van der Waals surface area contributed by atoms with Crippen molar-refractivity contribution in [2.24, 2.45) is 0 Å². The number of fused-ring (bicyclic) bond motifs is 3. The van der Waals surface area contributed by atoms with Crippen molar-refractivity contribution in [3.8, 4) is 0 Å². The minimum absolute atomic E-state index is 0.0438. The van der Waals surface area contributed by atoms with Crippen molar-refractivity contribution < 1.29 is 9.59 Å². The Bertz CT molecular complexity index is 456. The average molecular weight is 202 g/mol. The van der Waals surface area contributed by atoms with Gasteiger partial charge < -0.3 is 5.32 Å². The molecule has 4 nitrogen and oxygen atoms in total. The van der Waals surface area contributed by atoms with Crippen LogP contribution in [0.25, 0.3) is 0 Å². The normalized spacial score (nSPS) is 23.5. The van der Waals surface area contributed by atoms with Crippen LogP contribution in [0.1, 0.15) is 12.8 Å². The molecule has 0 aliphatic carbocycles. The molecule has 0 unspecified atom stereocenters. The smallest absolute Gasteiger partial charge is 0.247 e. The van der Waals surface area contributed by atoms with Crippen molar-refractivity contribution in [3.63, 3.8) is 0 Å². The van der Waals surface area contributed by atoms with E-state index in [9.17, 15) is 9.59 Å². The molecule has 2 amide bonds. The predicted molar refractivity (Wildman–Crippen MR) is 55.6 cm³/mol. The lowest BCUT2D eigenvalue weighted by Gasteiger charge is -2.31. The lowest BCUT2D eigenvalue weighted by molar-refractivity contribution is -0.120. The zero-order valence-corrected chi connectivity index (χ0v) is 8.06. The van der Waals surface area contributed by atoms with Crippen LogP contribution in [-0.2, 0) is 9.59 Å². The van der Waals surface area contributed by atoms with Crippen molar-refractivity contribution in [1.29, 1.82) is 0 Å². The van der Waals surface area contributed by atoms with Crippen LogP contribution in [0.2, 0.25) is 0 Å². The van der Waals surface area contributed by atoms with E-state index in [-0.39, 0.29) is 17.9 Å². The molecular formula is C11H10N2O2. The molecule has 4 heteroatoms. The first kappa shape index (κ1) is 8.47. The number of nitrogens with one attached hydrogen (secondary N) is 1. The summed E-state index contributed by atoms with van der Waals surface area (Å²) in [5, 5.41) is 2.82. The summed E-state index contributed by atoms with van der Waals surface area (Å²) in [4.78, 5) is 25.0. The van der Waals surface area contributed by atoms with Crippen LogP contribution in [-0.4, -0.2) is 17.9 Å². The maximum atomic E-state index is 11.7. The van der Waals surface area contributed by atoms with E-state index in [4.69, 9.17) is 0 Å². The fraction of sp³-hybridized carbons (Fsp3) is 0.273. The molecule has 76 valence electrons. The highest BCUT2D eigenvalue weighted by Crippen LogP contribution is 2.36. The van der Waals surface area contributed by atoms with Crippen molar-refractivity contribution in [1.82, 2.24) is 0 Å². The standard InChI is InChI=1S/C11H10N2O2/c14-10-6-5-9-11(15)12-7-3-1-2-4-8(7)13(9)10/h1-4,9H,5-6H2,(H,12,15)/t9-/m1/s1. The van der Waals surface area contributed by atoms with Gasteiger partial charge in [0, 0.05) is 6.42 Å².